The number of fused-ring (bicyclic) bond motifs is 1. The molecule has 2 aliphatic rings. The highest BCUT2D eigenvalue weighted by Gasteiger charge is 2.28. The molecule has 166 valence electrons. The minimum Gasteiger partial charge on any atom is -0.322 e. The van der Waals surface area contributed by atoms with Crippen molar-refractivity contribution in [3.8, 4) is 11.4 Å². The fourth-order valence-electron chi connectivity index (χ4n) is 4.31. The summed E-state index contributed by atoms with van der Waals surface area (Å²) < 4.78 is 27.7. The van der Waals surface area contributed by atoms with Crippen LogP contribution in [0, 0.1) is 0 Å². The van der Waals surface area contributed by atoms with E-state index in [1.807, 2.05) is 24.3 Å². The summed E-state index contributed by atoms with van der Waals surface area (Å²) in [4.78, 5) is 12.6. The van der Waals surface area contributed by atoms with E-state index in [0.717, 1.165) is 43.0 Å². The third kappa shape index (κ3) is 4.00. The van der Waals surface area contributed by atoms with Crippen LogP contribution in [0.4, 0.5) is 11.4 Å². The monoisotopic (exact) mass is 451 g/mol. The molecule has 1 aromatic heterocycles. The van der Waals surface area contributed by atoms with Gasteiger partial charge in [-0.25, -0.2) is 8.42 Å². The zero-order chi connectivity index (χ0) is 22.1. The second-order valence-corrected chi connectivity index (χ2v) is 10.2. The quantitative estimate of drug-likeness (QED) is 0.655. The average Bonchev–Trinajstić information content (AvgIpc) is 3.28. The standard InChI is InChI=1S/C23H25N5O3S/c29-23(18-8-12-20(13-9-18)28-15-4-16-32(28,30)31)24-19-10-6-17(7-11-19)22-26-25-21-5-2-1-3-14-27(21)22/h6-13H,1-5,14-16H2,(H,24,29). The molecule has 1 N–H and O–H groups in total. The molecule has 0 bridgehead atoms. The van der Waals surface area contributed by atoms with Gasteiger partial charge >= 0.3 is 0 Å². The predicted octanol–water partition coefficient (Wildman–Crippen LogP) is 3.46. The zero-order valence-corrected chi connectivity index (χ0v) is 18.5. The minimum absolute atomic E-state index is 0.169. The van der Waals surface area contributed by atoms with Crippen molar-refractivity contribution < 1.29 is 13.2 Å². The van der Waals surface area contributed by atoms with Crippen LogP contribution in [0.25, 0.3) is 11.4 Å². The van der Waals surface area contributed by atoms with Crippen molar-refractivity contribution >= 4 is 27.3 Å². The zero-order valence-electron chi connectivity index (χ0n) is 17.7. The van der Waals surface area contributed by atoms with Crippen molar-refractivity contribution in [3.05, 3.63) is 59.9 Å². The first kappa shape index (κ1) is 20.7. The topological polar surface area (TPSA) is 97.2 Å². The maximum atomic E-state index is 12.6. The Hall–Kier alpha value is -3.20. The van der Waals surface area contributed by atoms with Crippen molar-refractivity contribution in [3.63, 3.8) is 0 Å². The first-order valence-corrected chi connectivity index (χ1v) is 12.6. The Morgan fingerprint density at radius 3 is 2.38 bits per heavy atom. The van der Waals surface area contributed by atoms with Crippen LogP contribution in [0.1, 0.15) is 41.9 Å². The van der Waals surface area contributed by atoms with Crippen LogP contribution in [0.15, 0.2) is 48.5 Å². The van der Waals surface area contributed by atoms with Crippen LogP contribution >= 0.6 is 0 Å². The Balaban J connectivity index is 1.28. The van der Waals surface area contributed by atoms with Crippen LogP contribution in [0.5, 0.6) is 0 Å². The largest absolute Gasteiger partial charge is 0.322 e. The molecule has 9 heteroatoms. The van der Waals surface area contributed by atoms with E-state index in [1.54, 1.807) is 24.3 Å². The highest BCUT2D eigenvalue weighted by atomic mass is 32.2. The van der Waals surface area contributed by atoms with Gasteiger partial charge in [0, 0.05) is 36.3 Å². The SMILES string of the molecule is O=C(Nc1ccc(-c2nnc3n2CCCCC3)cc1)c1ccc(N2CCCS2(=O)=O)cc1. The highest BCUT2D eigenvalue weighted by molar-refractivity contribution is 7.93. The maximum absolute atomic E-state index is 12.6. The van der Waals surface area contributed by atoms with Crippen molar-refractivity contribution in [2.75, 3.05) is 21.9 Å². The number of hydrogen-bond donors (Lipinski definition) is 1. The minimum atomic E-state index is -3.23. The summed E-state index contributed by atoms with van der Waals surface area (Å²) in [7, 11) is -3.23. The van der Waals surface area contributed by atoms with Crippen molar-refractivity contribution in [2.45, 2.75) is 38.6 Å². The molecule has 32 heavy (non-hydrogen) atoms. The molecule has 0 unspecified atom stereocenters. The number of nitrogens with one attached hydrogen (secondary N) is 1. The molecule has 0 saturated carbocycles. The molecule has 8 nitrogen and oxygen atoms in total. The van der Waals surface area contributed by atoms with Crippen LogP contribution in [-0.2, 0) is 23.0 Å². The maximum Gasteiger partial charge on any atom is 0.255 e. The lowest BCUT2D eigenvalue weighted by molar-refractivity contribution is 0.102. The molecule has 0 spiro atoms. The molecule has 1 amide bonds. The van der Waals surface area contributed by atoms with Crippen LogP contribution in [-0.4, -0.2) is 41.4 Å². The predicted molar refractivity (Wildman–Crippen MR) is 123 cm³/mol. The lowest BCUT2D eigenvalue weighted by atomic mass is 10.1. The molecule has 2 aromatic carbocycles. The highest BCUT2D eigenvalue weighted by Crippen LogP contribution is 2.26. The van der Waals surface area contributed by atoms with Gasteiger partial charge < -0.3 is 9.88 Å². The third-order valence-electron chi connectivity index (χ3n) is 6.03. The van der Waals surface area contributed by atoms with Crippen molar-refractivity contribution in [1.82, 2.24) is 14.8 Å². The fourth-order valence-corrected chi connectivity index (χ4v) is 5.88. The van der Waals surface area contributed by atoms with Gasteiger partial charge in [0.2, 0.25) is 10.0 Å². The Kier molecular flexibility index (Phi) is 5.42. The van der Waals surface area contributed by atoms with Gasteiger partial charge in [0.15, 0.2) is 5.82 Å². The van der Waals surface area contributed by atoms with E-state index in [0.29, 0.717) is 29.9 Å². The van der Waals surface area contributed by atoms with Gasteiger partial charge in [0.05, 0.1) is 11.4 Å². The second-order valence-electron chi connectivity index (χ2n) is 8.22. The number of benzene rings is 2. The number of rotatable bonds is 4. The summed E-state index contributed by atoms with van der Waals surface area (Å²) in [6.07, 6.45) is 5.08. The van der Waals surface area contributed by atoms with E-state index in [-0.39, 0.29) is 11.7 Å². The molecular weight excluding hydrogens is 426 g/mol. The van der Waals surface area contributed by atoms with Gasteiger partial charge in [-0.05, 0) is 67.8 Å². The molecular formula is C23H25N5O3S. The molecule has 3 aromatic rings. The van der Waals surface area contributed by atoms with Gasteiger partial charge in [-0.3, -0.25) is 9.10 Å². The van der Waals surface area contributed by atoms with Crippen molar-refractivity contribution in [1.29, 1.82) is 0 Å². The van der Waals surface area contributed by atoms with E-state index >= 15 is 0 Å². The normalized spacial score (nSPS) is 17.6. The number of aromatic nitrogens is 3. The second kappa shape index (κ2) is 8.38. The van der Waals surface area contributed by atoms with E-state index in [1.165, 1.54) is 10.7 Å². The summed E-state index contributed by atoms with van der Waals surface area (Å²) in [5.74, 6) is 1.83. The fraction of sp³-hybridized carbons (Fsp3) is 0.348. The molecule has 0 atom stereocenters. The molecule has 5 rings (SSSR count). The lowest BCUT2D eigenvalue weighted by Gasteiger charge is -2.17. The summed E-state index contributed by atoms with van der Waals surface area (Å²) in [6.45, 7) is 1.42. The van der Waals surface area contributed by atoms with Gasteiger partial charge in [0.25, 0.3) is 5.91 Å². The molecule has 2 aliphatic heterocycles. The molecule has 3 heterocycles. The van der Waals surface area contributed by atoms with Gasteiger partial charge in [-0.2, -0.15) is 0 Å². The summed E-state index contributed by atoms with van der Waals surface area (Å²) in [5, 5.41) is 11.6. The van der Waals surface area contributed by atoms with Gasteiger partial charge in [-0.15, -0.1) is 10.2 Å². The number of sulfonamides is 1. The van der Waals surface area contributed by atoms with E-state index in [2.05, 4.69) is 20.1 Å². The first-order valence-electron chi connectivity index (χ1n) is 11.0. The van der Waals surface area contributed by atoms with E-state index in [4.69, 9.17) is 0 Å². The average molecular weight is 452 g/mol. The van der Waals surface area contributed by atoms with E-state index in [9.17, 15) is 13.2 Å². The Bertz CT molecular complexity index is 1230. The molecule has 1 fully saturated rings. The van der Waals surface area contributed by atoms with Gasteiger partial charge in [0.1, 0.15) is 5.82 Å². The number of carbonyl (C=O) groups is 1. The Labute approximate surface area is 187 Å². The molecule has 0 aliphatic carbocycles. The van der Waals surface area contributed by atoms with Crippen LogP contribution in [0.3, 0.4) is 0 Å². The number of anilines is 2. The Morgan fingerprint density at radius 2 is 1.66 bits per heavy atom. The lowest BCUT2D eigenvalue weighted by Crippen LogP contribution is -2.25. The number of nitrogens with zero attached hydrogens (tertiary/aromatic N) is 4. The number of aryl methyl sites for hydroxylation is 1. The summed E-state index contributed by atoms with van der Waals surface area (Å²) >= 11 is 0. The Morgan fingerprint density at radius 1 is 0.875 bits per heavy atom. The first-order chi connectivity index (χ1) is 15.5. The van der Waals surface area contributed by atoms with Crippen LogP contribution < -0.4 is 9.62 Å². The number of amides is 1. The van der Waals surface area contributed by atoms with Crippen LogP contribution in [0.2, 0.25) is 0 Å². The smallest absolute Gasteiger partial charge is 0.255 e. The number of hydrogen-bond acceptors (Lipinski definition) is 5. The van der Waals surface area contributed by atoms with E-state index < -0.39 is 10.0 Å². The molecule has 0 radical (unpaired) electrons. The summed E-state index contributed by atoms with van der Waals surface area (Å²) in [6, 6.07) is 14.3. The summed E-state index contributed by atoms with van der Waals surface area (Å²) in [5.41, 5.74) is 2.72. The third-order valence-corrected chi connectivity index (χ3v) is 7.90. The number of carbonyl (C=O) groups excluding carboxylic acids is 1. The van der Waals surface area contributed by atoms with Crippen molar-refractivity contribution in [2.24, 2.45) is 0 Å². The molecule has 1 saturated heterocycles. The van der Waals surface area contributed by atoms with Gasteiger partial charge in [-0.1, -0.05) is 6.42 Å².